The molecule has 422 valence electrons. The van der Waals surface area contributed by atoms with Crippen molar-refractivity contribution in [2.24, 2.45) is 11.8 Å². The third kappa shape index (κ3) is 18.6. The molecule has 4 aromatic rings. The first kappa shape index (κ1) is 63.4. The summed E-state index contributed by atoms with van der Waals surface area (Å²) in [7, 11) is 0. The Morgan fingerprint density at radius 3 is 0.974 bits per heavy atom. The SMILES string of the molecule is CCCCCCCCCCCCc1cc(-c2ccc(C3=C4C(=O)N(CC(CCCC)CCCC)C(c5ccc(-c6cc(CCCCCCCCCCCC)c(Br)s6)s5)=C4C(=O)N3CC(CCCC)CCCC)s2)sc1Br. The summed E-state index contributed by atoms with van der Waals surface area (Å²) in [5.74, 6) is 0.796. The molecule has 0 saturated carbocycles. The van der Waals surface area contributed by atoms with Gasteiger partial charge in [-0.2, -0.15) is 0 Å². The van der Waals surface area contributed by atoms with Crippen molar-refractivity contribution < 1.29 is 9.59 Å². The van der Waals surface area contributed by atoms with E-state index in [2.05, 4.69) is 120 Å². The van der Waals surface area contributed by atoms with E-state index in [4.69, 9.17) is 0 Å². The predicted octanol–water partition coefficient (Wildman–Crippen LogP) is 23.5. The van der Waals surface area contributed by atoms with Crippen LogP contribution in [0.2, 0.25) is 0 Å². The fourth-order valence-electron chi connectivity index (χ4n) is 11.6. The van der Waals surface area contributed by atoms with Gasteiger partial charge < -0.3 is 9.80 Å². The van der Waals surface area contributed by atoms with Gasteiger partial charge in [-0.25, -0.2) is 0 Å². The molecule has 0 spiro atoms. The van der Waals surface area contributed by atoms with Gasteiger partial charge in [0, 0.05) is 32.6 Å². The maximum absolute atomic E-state index is 15.7. The first-order valence-corrected chi connectivity index (χ1v) is 35.9. The third-order valence-corrected chi connectivity index (χ3v) is 22.7. The molecular formula is C66H98Br2N2O2S4. The lowest BCUT2D eigenvalue weighted by molar-refractivity contribution is -0.124. The molecule has 4 nitrogen and oxygen atoms in total. The van der Waals surface area contributed by atoms with E-state index in [1.807, 2.05) is 22.7 Å². The van der Waals surface area contributed by atoms with E-state index >= 15 is 9.59 Å². The molecular weight excluding hydrogens is 1140 g/mol. The van der Waals surface area contributed by atoms with Crippen LogP contribution in [0.4, 0.5) is 0 Å². The van der Waals surface area contributed by atoms with E-state index in [1.165, 1.54) is 167 Å². The molecule has 0 saturated heterocycles. The lowest BCUT2D eigenvalue weighted by Gasteiger charge is -2.29. The third-order valence-electron chi connectivity index (χ3n) is 16.2. The number of fused-ring (bicyclic) bond motifs is 1. The van der Waals surface area contributed by atoms with E-state index in [1.54, 1.807) is 22.7 Å². The maximum Gasteiger partial charge on any atom is 0.261 e. The van der Waals surface area contributed by atoms with Crippen LogP contribution >= 0.6 is 77.2 Å². The van der Waals surface area contributed by atoms with Gasteiger partial charge in [-0.05, 0) is 143 Å². The van der Waals surface area contributed by atoms with Crippen LogP contribution < -0.4 is 0 Å². The number of hydrogen-bond acceptors (Lipinski definition) is 6. The van der Waals surface area contributed by atoms with Crippen LogP contribution in [-0.4, -0.2) is 34.7 Å². The smallest absolute Gasteiger partial charge is 0.261 e. The quantitative estimate of drug-likeness (QED) is 0.0415. The molecule has 0 aliphatic carbocycles. The zero-order valence-corrected chi connectivity index (χ0v) is 54.6. The molecule has 76 heavy (non-hydrogen) atoms. The Balaban J connectivity index is 1.31. The highest BCUT2D eigenvalue weighted by Crippen LogP contribution is 2.52. The second-order valence-electron chi connectivity index (χ2n) is 22.6. The molecule has 4 aromatic heterocycles. The zero-order chi connectivity index (χ0) is 54.1. The van der Waals surface area contributed by atoms with Gasteiger partial charge in [0.05, 0.1) is 39.9 Å². The predicted molar refractivity (Wildman–Crippen MR) is 344 cm³/mol. The second-order valence-corrected chi connectivity index (χ2v) is 29.5. The van der Waals surface area contributed by atoms with Crippen LogP contribution in [0.15, 0.2) is 55.1 Å². The number of rotatable bonds is 42. The minimum absolute atomic E-state index is 0.0210. The number of carbonyl (C=O) groups is 2. The van der Waals surface area contributed by atoms with E-state index in [-0.39, 0.29) is 11.8 Å². The Morgan fingerprint density at radius 1 is 0.368 bits per heavy atom. The van der Waals surface area contributed by atoms with Crippen LogP contribution in [-0.2, 0) is 22.4 Å². The van der Waals surface area contributed by atoms with E-state index in [0.717, 1.165) is 111 Å². The minimum atomic E-state index is 0.0210. The molecule has 0 unspecified atom stereocenters. The van der Waals surface area contributed by atoms with Crippen LogP contribution in [0.5, 0.6) is 0 Å². The van der Waals surface area contributed by atoms with E-state index < -0.39 is 0 Å². The molecule has 6 rings (SSSR count). The fraction of sp³-hybridized carbons (Fsp3) is 0.667. The average molecular weight is 1240 g/mol. The van der Waals surface area contributed by atoms with Gasteiger partial charge in [-0.1, -0.05) is 208 Å². The molecule has 0 radical (unpaired) electrons. The van der Waals surface area contributed by atoms with Crippen molar-refractivity contribution in [2.45, 2.75) is 260 Å². The topological polar surface area (TPSA) is 40.6 Å². The summed E-state index contributed by atoms with van der Waals surface area (Å²) in [6.45, 7) is 15.0. The van der Waals surface area contributed by atoms with Crippen LogP contribution in [0.3, 0.4) is 0 Å². The number of thiophene rings is 4. The summed E-state index contributed by atoms with van der Waals surface area (Å²) in [5.41, 5.74) is 5.80. The highest BCUT2D eigenvalue weighted by molar-refractivity contribution is 9.11. The van der Waals surface area contributed by atoms with Gasteiger partial charge in [0.15, 0.2) is 0 Å². The van der Waals surface area contributed by atoms with Gasteiger partial charge >= 0.3 is 0 Å². The first-order valence-electron chi connectivity index (χ1n) is 31.1. The average Bonchev–Trinajstić information content (AvgIpc) is 4.37. The molecule has 6 heterocycles. The number of halogens is 2. The summed E-state index contributed by atoms with van der Waals surface area (Å²) in [4.78, 5) is 42.6. The van der Waals surface area contributed by atoms with Gasteiger partial charge in [0.2, 0.25) is 0 Å². The highest BCUT2D eigenvalue weighted by atomic mass is 79.9. The second kappa shape index (κ2) is 35.1. The lowest BCUT2D eigenvalue weighted by atomic mass is 9.95. The number of hydrogen-bond donors (Lipinski definition) is 0. The van der Waals surface area contributed by atoms with Crippen molar-refractivity contribution in [3.8, 4) is 19.5 Å². The van der Waals surface area contributed by atoms with Crippen molar-refractivity contribution in [3.63, 3.8) is 0 Å². The van der Waals surface area contributed by atoms with Gasteiger partial charge in [0.1, 0.15) is 0 Å². The fourth-order valence-corrected chi connectivity index (χ4v) is 17.4. The molecule has 0 N–H and O–H groups in total. The molecule has 0 fully saturated rings. The molecule has 2 aliphatic heterocycles. The molecule has 2 aliphatic rings. The molecule has 0 bridgehead atoms. The summed E-state index contributed by atoms with van der Waals surface area (Å²) >= 11 is 15.1. The summed E-state index contributed by atoms with van der Waals surface area (Å²) < 4.78 is 2.46. The molecule has 2 amide bonds. The Labute approximate surface area is 496 Å². The Hall–Kier alpha value is -1.82. The van der Waals surface area contributed by atoms with Gasteiger partial charge in [0.25, 0.3) is 11.8 Å². The summed E-state index contributed by atoms with van der Waals surface area (Å²) in [6, 6.07) is 13.8. The first-order chi connectivity index (χ1) is 37.2. The van der Waals surface area contributed by atoms with Crippen molar-refractivity contribution in [1.82, 2.24) is 9.80 Å². The van der Waals surface area contributed by atoms with Crippen LogP contribution in [0.25, 0.3) is 30.9 Å². The van der Waals surface area contributed by atoms with Crippen molar-refractivity contribution >= 4 is 100 Å². The normalized spacial score (nSPS) is 14.0. The number of aryl methyl sites for hydroxylation is 2. The van der Waals surface area contributed by atoms with Crippen molar-refractivity contribution in [2.75, 3.05) is 13.1 Å². The van der Waals surface area contributed by atoms with E-state index in [9.17, 15) is 0 Å². The maximum atomic E-state index is 15.7. The molecule has 0 atom stereocenters. The van der Waals surface area contributed by atoms with Crippen LogP contribution in [0.1, 0.15) is 268 Å². The standard InChI is InChI=1S/C66H98Br2N2O2S4/c1-7-13-19-21-23-25-27-29-31-33-39-51-45-57(75-63(51)67)53-41-43-55(73-53)61-59-60(66(72)69(61)47-49(35-15-9-3)36-16-10-4)62(70(65(59)71)48-50(37-17-11-5)38-18-12-6)56-44-42-54(74-56)58-46-52(64(68)76-58)40-34-32-30-28-26-24-22-20-14-8-2/h41-46,49-50H,7-40,47-48H2,1-6H3. The molecule has 10 heteroatoms. The van der Waals surface area contributed by atoms with Crippen molar-refractivity contribution in [3.05, 3.63) is 76.0 Å². The Bertz CT molecular complexity index is 2220. The highest BCUT2D eigenvalue weighted by Gasteiger charge is 2.50. The van der Waals surface area contributed by atoms with Crippen molar-refractivity contribution in [1.29, 1.82) is 0 Å². The monoisotopic (exact) mass is 1240 g/mol. The zero-order valence-electron chi connectivity index (χ0n) is 48.2. The number of nitrogens with zero attached hydrogens (tertiary/aromatic N) is 2. The minimum Gasteiger partial charge on any atom is -0.306 e. The Morgan fingerprint density at radius 2 is 0.658 bits per heavy atom. The summed E-state index contributed by atoms with van der Waals surface area (Å²) in [6.07, 6.45) is 42.6. The number of carbonyl (C=O) groups excluding carboxylic acids is 2. The largest absolute Gasteiger partial charge is 0.306 e. The van der Waals surface area contributed by atoms with Crippen LogP contribution in [0, 0.1) is 11.8 Å². The van der Waals surface area contributed by atoms with Gasteiger partial charge in [-0.15, -0.1) is 45.3 Å². The molecule has 0 aromatic carbocycles. The van der Waals surface area contributed by atoms with Gasteiger partial charge in [-0.3, -0.25) is 9.59 Å². The summed E-state index contributed by atoms with van der Waals surface area (Å²) in [5, 5.41) is 0. The lowest BCUT2D eigenvalue weighted by Crippen LogP contribution is -2.34. The number of unbranched alkanes of at least 4 members (excludes halogenated alkanes) is 22. The van der Waals surface area contributed by atoms with E-state index in [0.29, 0.717) is 36.1 Å². The Kier molecular flexibility index (Phi) is 29.3. The number of amides is 2.